The summed E-state index contributed by atoms with van der Waals surface area (Å²) in [7, 11) is 0. The number of rotatable bonds is 8. The molecule has 5 rings (SSSR count). The lowest BCUT2D eigenvalue weighted by Gasteiger charge is -2.30. The van der Waals surface area contributed by atoms with Gasteiger partial charge in [-0.3, -0.25) is 0 Å². The summed E-state index contributed by atoms with van der Waals surface area (Å²) in [6.45, 7) is 13.2. The fraction of sp³-hybridized carbons (Fsp3) is 0.474. The third kappa shape index (κ3) is 8.43. The normalized spacial score (nSPS) is 17.8. The first-order valence-corrected chi connectivity index (χ1v) is 18.5. The zero-order valence-corrected chi connectivity index (χ0v) is 29.7. The molecule has 2 heterocycles. The number of hydrogen-bond donors (Lipinski definition) is 2. The van der Waals surface area contributed by atoms with E-state index in [-0.39, 0.29) is 22.3 Å². The fourth-order valence-corrected chi connectivity index (χ4v) is 8.95. The molecule has 1 aliphatic carbocycles. The summed E-state index contributed by atoms with van der Waals surface area (Å²) < 4.78 is 0. The molecule has 4 aromatic rings. The van der Waals surface area contributed by atoms with E-state index in [1.54, 1.807) is 36.9 Å². The van der Waals surface area contributed by atoms with Gasteiger partial charge < -0.3 is 10.2 Å². The molecule has 1 saturated carbocycles. The largest absolute Gasteiger partial charge is 0.507 e. The van der Waals surface area contributed by atoms with Crippen LogP contribution in [0.4, 0.5) is 0 Å². The summed E-state index contributed by atoms with van der Waals surface area (Å²) in [6.07, 6.45) is 14.2. The van der Waals surface area contributed by atoms with Crippen molar-refractivity contribution in [3.8, 4) is 34.3 Å². The zero-order chi connectivity index (χ0) is 32.9. The maximum Gasteiger partial charge on any atom is 0.162 e. The van der Waals surface area contributed by atoms with E-state index in [1.807, 2.05) is 35.7 Å². The second-order valence-corrected chi connectivity index (χ2v) is 16.9. The van der Waals surface area contributed by atoms with Crippen LogP contribution in [0.5, 0.6) is 11.5 Å². The van der Waals surface area contributed by atoms with Gasteiger partial charge in [-0.1, -0.05) is 79.4 Å². The van der Waals surface area contributed by atoms with Crippen LogP contribution in [0.15, 0.2) is 61.2 Å². The fourth-order valence-electron chi connectivity index (χ4n) is 5.88. The molecule has 0 unspecified atom stereocenters. The number of hydrogen-bond acceptors (Lipinski definition) is 8. The number of aromatic hydroxyl groups is 2. The minimum atomic E-state index is -0.0808. The van der Waals surface area contributed by atoms with Crippen LogP contribution >= 0.6 is 23.5 Å². The summed E-state index contributed by atoms with van der Waals surface area (Å²) in [4.78, 5) is 17.8. The van der Waals surface area contributed by atoms with E-state index in [0.29, 0.717) is 33.3 Å². The number of phenolic OH excluding ortho intramolecular Hbond substituents is 2. The third-order valence-electron chi connectivity index (χ3n) is 8.77. The van der Waals surface area contributed by atoms with Crippen LogP contribution in [0.2, 0.25) is 0 Å². The Kier molecular flexibility index (Phi) is 11.0. The lowest BCUT2D eigenvalue weighted by Crippen LogP contribution is -2.22. The Hall–Kier alpha value is -3.10. The summed E-state index contributed by atoms with van der Waals surface area (Å²) in [5, 5.41) is 23.8. The van der Waals surface area contributed by atoms with Crippen molar-refractivity contribution < 1.29 is 10.2 Å². The molecule has 2 aromatic heterocycles. The summed E-state index contributed by atoms with van der Waals surface area (Å²) in [5.74, 6) is 3.10. The van der Waals surface area contributed by atoms with Gasteiger partial charge in [-0.15, -0.1) is 0 Å². The minimum Gasteiger partial charge on any atom is -0.507 e. The summed E-state index contributed by atoms with van der Waals surface area (Å²) in [6, 6.07) is 12.0. The van der Waals surface area contributed by atoms with E-state index in [0.717, 1.165) is 35.5 Å². The molecule has 8 heteroatoms. The maximum absolute atomic E-state index is 11.5. The van der Waals surface area contributed by atoms with Crippen molar-refractivity contribution in [2.45, 2.75) is 113 Å². The molecule has 46 heavy (non-hydrogen) atoms. The highest BCUT2D eigenvalue weighted by atomic mass is 32.2. The molecule has 0 radical (unpaired) electrons. The van der Waals surface area contributed by atoms with Gasteiger partial charge in [0.1, 0.15) is 11.5 Å². The molecular formula is C38H48N4O2S2. The van der Waals surface area contributed by atoms with E-state index in [9.17, 15) is 10.2 Å². The molecule has 2 aromatic carbocycles. The lowest BCUT2D eigenvalue weighted by molar-refractivity contribution is 0.470. The Bertz CT molecular complexity index is 1480. The number of benzene rings is 2. The number of thioether (sulfide) groups is 2. The van der Waals surface area contributed by atoms with Gasteiger partial charge in [-0.05, 0) is 59.1 Å². The first-order chi connectivity index (χ1) is 21.9. The summed E-state index contributed by atoms with van der Waals surface area (Å²) in [5.41, 5.74) is 5.44. The highest BCUT2D eigenvalue weighted by Gasteiger charge is 2.27. The van der Waals surface area contributed by atoms with Gasteiger partial charge in [0.25, 0.3) is 0 Å². The van der Waals surface area contributed by atoms with Crippen LogP contribution in [0.3, 0.4) is 0 Å². The van der Waals surface area contributed by atoms with Crippen molar-refractivity contribution in [2.75, 3.05) is 0 Å². The summed E-state index contributed by atoms with van der Waals surface area (Å²) >= 11 is 3.92. The Labute approximate surface area is 283 Å². The average Bonchev–Trinajstić information content (AvgIpc) is 3.01. The van der Waals surface area contributed by atoms with E-state index in [1.165, 1.54) is 36.8 Å². The molecule has 2 atom stereocenters. The van der Waals surface area contributed by atoms with Crippen molar-refractivity contribution in [3.05, 3.63) is 83.4 Å². The first kappa shape index (κ1) is 34.2. The average molecular weight is 657 g/mol. The molecular weight excluding hydrogens is 609 g/mol. The molecule has 0 spiro atoms. The molecule has 6 nitrogen and oxygen atoms in total. The van der Waals surface area contributed by atoms with E-state index in [4.69, 9.17) is 0 Å². The van der Waals surface area contributed by atoms with Gasteiger partial charge in [-0.25, -0.2) is 19.9 Å². The van der Waals surface area contributed by atoms with Crippen LogP contribution in [-0.4, -0.2) is 40.6 Å². The molecule has 2 N–H and O–H groups in total. The molecule has 0 amide bonds. The van der Waals surface area contributed by atoms with E-state index >= 15 is 0 Å². The number of aromatic nitrogens is 4. The molecule has 0 saturated heterocycles. The topological polar surface area (TPSA) is 92.0 Å². The van der Waals surface area contributed by atoms with Gasteiger partial charge in [-0.2, -0.15) is 23.5 Å². The van der Waals surface area contributed by atoms with Gasteiger partial charge in [0.05, 0.1) is 11.1 Å². The number of nitrogens with zero attached hydrogens (tertiary/aromatic N) is 4. The van der Waals surface area contributed by atoms with Crippen molar-refractivity contribution >= 4 is 23.5 Å². The van der Waals surface area contributed by atoms with Crippen molar-refractivity contribution in [1.82, 2.24) is 19.9 Å². The Morgan fingerprint density at radius 3 is 1.30 bits per heavy atom. The van der Waals surface area contributed by atoms with Gasteiger partial charge >= 0.3 is 0 Å². The highest BCUT2D eigenvalue weighted by molar-refractivity contribution is 8.03. The third-order valence-corrected chi connectivity index (χ3v) is 11.9. The van der Waals surface area contributed by atoms with Crippen molar-refractivity contribution in [1.29, 1.82) is 0 Å². The first-order valence-electron chi connectivity index (χ1n) is 16.4. The highest BCUT2D eigenvalue weighted by Crippen LogP contribution is 2.43. The van der Waals surface area contributed by atoms with Gasteiger partial charge in [0.2, 0.25) is 0 Å². The lowest BCUT2D eigenvalue weighted by atomic mass is 9.84. The Morgan fingerprint density at radius 2 is 0.957 bits per heavy atom. The monoisotopic (exact) mass is 656 g/mol. The van der Waals surface area contributed by atoms with Gasteiger partial charge in [0.15, 0.2) is 11.6 Å². The molecule has 244 valence electrons. The molecule has 1 aliphatic rings. The van der Waals surface area contributed by atoms with Crippen LogP contribution < -0.4 is 0 Å². The SMILES string of the molecule is CC(C)(C)c1cc(CS[C@H]2CCCCCC[C@@H]2SCc2cc(C(C)(C)C)cc(-c3ncccn3)c2O)c(O)c(-c2ncccn2)c1. The standard InChI is InChI=1S/C38H48N4O2S2/c1-37(2,3)27-19-25(33(43)29(21-27)35-39-15-11-16-40-35)23-45-31-13-9-7-8-10-14-32(31)46-24-26-20-28(38(4,5)6)22-30(34(26)44)36-41-17-12-18-42-36/h11-12,15-22,31-32,43-44H,7-10,13-14,23-24H2,1-6H3/t31-,32-/m0/s1. The van der Waals surface area contributed by atoms with Crippen LogP contribution in [-0.2, 0) is 22.3 Å². The van der Waals surface area contributed by atoms with Gasteiger partial charge in [0, 0.05) is 57.9 Å². The zero-order valence-electron chi connectivity index (χ0n) is 28.1. The maximum atomic E-state index is 11.5. The van der Waals surface area contributed by atoms with Crippen LogP contribution in [0.25, 0.3) is 22.8 Å². The van der Waals surface area contributed by atoms with E-state index < -0.39 is 0 Å². The van der Waals surface area contributed by atoms with Crippen molar-refractivity contribution in [3.63, 3.8) is 0 Å². The quantitative estimate of drug-likeness (QED) is 0.194. The van der Waals surface area contributed by atoms with Crippen LogP contribution in [0, 0.1) is 0 Å². The van der Waals surface area contributed by atoms with E-state index in [2.05, 4.69) is 73.6 Å². The predicted molar refractivity (Wildman–Crippen MR) is 194 cm³/mol. The molecule has 0 aliphatic heterocycles. The smallest absolute Gasteiger partial charge is 0.162 e. The van der Waals surface area contributed by atoms with Crippen molar-refractivity contribution in [2.24, 2.45) is 0 Å². The Balaban J connectivity index is 1.41. The molecule has 0 bridgehead atoms. The second kappa shape index (κ2) is 14.8. The predicted octanol–water partition coefficient (Wildman–Crippen LogP) is 9.86. The van der Waals surface area contributed by atoms with Crippen LogP contribution in [0.1, 0.15) is 102 Å². The Morgan fingerprint density at radius 1 is 0.587 bits per heavy atom. The molecule has 1 fully saturated rings. The minimum absolute atomic E-state index is 0.0808. The number of phenols is 2. The second-order valence-electron chi connectivity index (χ2n) is 14.4.